The second kappa shape index (κ2) is 5.92. The van der Waals surface area contributed by atoms with Crippen LogP contribution in [0.4, 0.5) is 13.2 Å². The lowest BCUT2D eigenvalue weighted by Gasteiger charge is -2.38. The number of likely N-dealkylation sites (tertiary alicyclic amines) is 1. The molecule has 1 fully saturated rings. The Morgan fingerprint density at radius 1 is 1.26 bits per heavy atom. The largest absolute Gasteiger partial charge is 0.327 e. The Labute approximate surface area is 111 Å². The Morgan fingerprint density at radius 3 is 2.47 bits per heavy atom. The number of rotatable bonds is 3. The van der Waals surface area contributed by atoms with Gasteiger partial charge in [0.15, 0.2) is 17.5 Å². The molecule has 1 saturated heterocycles. The zero-order valence-corrected chi connectivity index (χ0v) is 11.0. The summed E-state index contributed by atoms with van der Waals surface area (Å²) >= 11 is 0. The average Bonchev–Trinajstić information content (AvgIpc) is 2.36. The van der Waals surface area contributed by atoms with Crippen LogP contribution in [0.15, 0.2) is 12.1 Å². The van der Waals surface area contributed by atoms with E-state index in [2.05, 4.69) is 4.90 Å². The van der Waals surface area contributed by atoms with Gasteiger partial charge in [-0.25, -0.2) is 13.2 Å². The minimum atomic E-state index is -1.41. The van der Waals surface area contributed by atoms with E-state index in [0.29, 0.717) is 12.1 Å². The van der Waals surface area contributed by atoms with Crippen LogP contribution in [0.5, 0.6) is 0 Å². The van der Waals surface area contributed by atoms with Crippen molar-refractivity contribution in [3.63, 3.8) is 0 Å². The summed E-state index contributed by atoms with van der Waals surface area (Å²) in [6.07, 6.45) is 3.16. The van der Waals surface area contributed by atoms with E-state index < -0.39 is 17.5 Å². The van der Waals surface area contributed by atoms with E-state index in [9.17, 15) is 13.2 Å². The first-order valence-electron chi connectivity index (χ1n) is 6.62. The lowest BCUT2D eigenvalue weighted by molar-refractivity contribution is 0.122. The van der Waals surface area contributed by atoms with Crippen molar-refractivity contribution in [3.05, 3.63) is 35.1 Å². The highest BCUT2D eigenvalue weighted by Crippen LogP contribution is 2.22. The van der Waals surface area contributed by atoms with Crippen LogP contribution in [-0.4, -0.2) is 23.5 Å². The molecule has 1 aromatic rings. The molecule has 0 amide bonds. The summed E-state index contributed by atoms with van der Waals surface area (Å²) in [4.78, 5) is 2.13. The fourth-order valence-corrected chi connectivity index (χ4v) is 2.74. The molecule has 0 bridgehead atoms. The Kier molecular flexibility index (Phi) is 4.47. The Hall–Kier alpha value is -1.07. The standard InChI is InChI=1S/C14H19F3N2/c1-9(18)13-4-2-3-5-19(13)8-10-6-11(15)14(17)12(16)7-10/h6-7,9,13H,2-5,8,18H2,1H3. The molecule has 2 rings (SSSR count). The Balaban J connectivity index is 2.15. The molecule has 2 unspecified atom stereocenters. The molecule has 1 aromatic carbocycles. The predicted octanol–water partition coefficient (Wildman–Crippen LogP) is 2.81. The maximum atomic E-state index is 13.2. The average molecular weight is 272 g/mol. The molecule has 0 saturated carbocycles. The van der Waals surface area contributed by atoms with Gasteiger partial charge in [0.1, 0.15) is 0 Å². The van der Waals surface area contributed by atoms with E-state index in [1.165, 1.54) is 0 Å². The summed E-state index contributed by atoms with van der Waals surface area (Å²) in [5, 5.41) is 0. The maximum absolute atomic E-state index is 13.2. The fourth-order valence-electron chi connectivity index (χ4n) is 2.74. The van der Waals surface area contributed by atoms with Gasteiger partial charge in [-0.1, -0.05) is 6.42 Å². The minimum absolute atomic E-state index is 0.00967. The predicted molar refractivity (Wildman–Crippen MR) is 68.0 cm³/mol. The first kappa shape index (κ1) is 14.3. The van der Waals surface area contributed by atoms with Gasteiger partial charge in [-0.2, -0.15) is 0 Å². The van der Waals surface area contributed by atoms with Gasteiger partial charge < -0.3 is 5.73 Å². The molecule has 19 heavy (non-hydrogen) atoms. The topological polar surface area (TPSA) is 29.3 Å². The smallest absolute Gasteiger partial charge is 0.194 e. The molecule has 2 nitrogen and oxygen atoms in total. The molecule has 0 aromatic heterocycles. The molecule has 1 aliphatic heterocycles. The third-order valence-corrected chi connectivity index (χ3v) is 3.70. The fraction of sp³-hybridized carbons (Fsp3) is 0.571. The number of piperidine rings is 1. The molecule has 1 aliphatic rings. The summed E-state index contributed by atoms with van der Waals surface area (Å²) in [6.45, 7) is 3.20. The number of hydrogen-bond donors (Lipinski definition) is 1. The van der Waals surface area contributed by atoms with Gasteiger partial charge in [0.05, 0.1) is 0 Å². The molecule has 0 spiro atoms. The number of nitrogens with two attached hydrogens (primary N) is 1. The molecule has 0 aliphatic carbocycles. The zero-order valence-electron chi connectivity index (χ0n) is 11.0. The van der Waals surface area contributed by atoms with Crippen molar-refractivity contribution in [1.29, 1.82) is 0 Å². The van der Waals surface area contributed by atoms with Crippen LogP contribution in [-0.2, 0) is 6.54 Å². The van der Waals surface area contributed by atoms with E-state index in [-0.39, 0.29) is 12.1 Å². The molecule has 106 valence electrons. The Bertz CT molecular complexity index is 425. The highest BCUT2D eigenvalue weighted by molar-refractivity contribution is 5.19. The van der Waals surface area contributed by atoms with Crippen molar-refractivity contribution < 1.29 is 13.2 Å². The summed E-state index contributed by atoms with van der Waals surface area (Å²) in [6, 6.07) is 2.34. The number of benzene rings is 1. The third-order valence-electron chi connectivity index (χ3n) is 3.70. The molecule has 2 N–H and O–H groups in total. The van der Waals surface area contributed by atoms with Crippen LogP contribution >= 0.6 is 0 Å². The third kappa shape index (κ3) is 3.28. The van der Waals surface area contributed by atoms with Crippen molar-refractivity contribution in [2.45, 2.75) is 44.8 Å². The van der Waals surface area contributed by atoms with Gasteiger partial charge >= 0.3 is 0 Å². The molecular weight excluding hydrogens is 253 g/mol. The number of halogens is 3. The van der Waals surface area contributed by atoms with Crippen molar-refractivity contribution in [2.24, 2.45) is 5.73 Å². The maximum Gasteiger partial charge on any atom is 0.194 e. The molecule has 1 heterocycles. The van der Waals surface area contributed by atoms with Gasteiger partial charge in [-0.15, -0.1) is 0 Å². The summed E-state index contributed by atoms with van der Waals surface area (Å²) in [5.41, 5.74) is 6.39. The van der Waals surface area contributed by atoms with Gasteiger partial charge in [0.2, 0.25) is 0 Å². The number of nitrogens with zero attached hydrogens (tertiary/aromatic N) is 1. The van der Waals surface area contributed by atoms with Gasteiger partial charge in [-0.3, -0.25) is 4.90 Å². The van der Waals surface area contributed by atoms with E-state index >= 15 is 0 Å². The molecule has 2 atom stereocenters. The first-order valence-corrected chi connectivity index (χ1v) is 6.62. The summed E-state index contributed by atoms with van der Waals surface area (Å²) < 4.78 is 39.3. The normalized spacial score (nSPS) is 22.5. The quantitative estimate of drug-likeness (QED) is 0.857. The van der Waals surface area contributed by atoms with E-state index in [1.54, 1.807) is 0 Å². The van der Waals surface area contributed by atoms with Crippen LogP contribution < -0.4 is 5.73 Å². The second-order valence-electron chi connectivity index (χ2n) is 5.27. The summed E-state index contributed by atoms with van der Waals surface area (Å²) in [5.74, 6) is -3.68. The molecule has 5 heteroatoms. The summed E-state index contributed by atoms with van der Waals surface area (Å²) in [7, 11) is 0. The van der Waals surface area contributed by atoms with Crippen LogP contribution in [0, 0.1) is 17.5 Å². The van der Waals surface area contributed by atoms with Crippen LogP contribution in [0.25, 0.3) is 0 Å². The first-order chi connectivity index (χ1) is 8.99. The van der Waals surface area contributed by atoms with Gasteiger partial charge in [0, 0.05) is 18.6 Å². The van der Waals surface area contributed by atoms with E-state index in [1.807, 2.05) is 6.92 Å². The zero-order chi connectivity index (χ0) is 14.0. The van der Waals surface area contributed by atoms with Crippen LogP contribution in [0.3, 0.4) is 0 Å². The van der Waals surface area contributed by atoms with Gasteiger partial charge in [0.25, 0.3) is 0 Å². The lowest BCUT2D eigenvalue weighted by atomic mass is 9.96. The highest BCUT2D eigenvalue weighted by Gasteiger charge is 2.25. The second-order valence-corrected chi connectivity index (χ2v) is 5.27. The van der Waals surface area contributed by atoms with Crippen molar-refractivity contribution in [3.8, 4) is 0 Å². The highest BCUT2D eigenvalue weighted by atomic mass is 19.2. The van der Waals surface area contributed by atoms with E-state index in [4.69, 9.17) is 5.73 Å². The Morgan fingerprint density at radius 2 is 1.89 bits per heavy atom. The van der Waals surface area contributed by atoms with E-state index in [0.717, 1.165) is 37.9 Å². The van der Waals surface area contributed by atoms with Crippen molar-refractivity contribution in [1.82, 2.24) is 4.90 Å². The van der Waals surface area contributed by atoms with Crippen molar-refractivity contribution in [2.75, 3.05) is 6.54 Å². The molecule has 0 radical (unpaired) electrons. The van der Waals surface area contributed by atoms with Gasteiger partial charge in [-0.05, 0) is 44.0 Å². The monoisotopic (exact) mass is 272 g/mol. The van der Waals surface area contributed by atoms with Crippen LogP contribution in [0.2, 0.25) is 0 Å². The molecular formula is C14H19F3N2. The minimum Gasteiger partial charge on any atom is -0.327 e. The SMILES string of the molecule is CC(N)C1CCCCN1Cc1cc(F)c(F)c(F)c1. The lowest BCUT2D eigenvalue weighted by Crippen LogP contribution is -2.48. The van der Waals surface area contributed by atoms with Crippen LogP contribution in [0.1, 0.15) is 31.7 Å². The number of hydrogen-bond acceptors (Lipinski definition) is 2. The van der Waals surface area contributed by atoms with Crippen molar-refractivity contribution >= 4 is 0 Å².